The second-order valence-corrected chi connectivity index (χ2v) is 4.57. The maximum Gasteiger partial charge on any atom is 0.252 e. The van der Waals surface area contributed by atoms with Crippen LogP contribution in [0, 0.1) is 17.6 Å². The summed E-state index contributed by atoms with van der Waals surface area (Å²) < 4.78 is 32.0. The van der Waals surface area contributed by atoms with Crippen LogP contribution in [0.2, 0.25) is 0 Å². The van der Waals surface area contributed by atoms with Crippen LogP contribution in [0.4, 0.5) is 14.6 Å². The Labute approximate surface area is 106 Å². The maximum atomic E-state index is 13.4. The summed E-state index contributed by atoms with van der Waals surface area (Å²) in [6, 6.07) is 0.809. The Morgan fingerprint density at radius 3 is 2.78 bits per heavy atom. The molecule has 1 aliphatic rings. The maximum absolute atomic E-state index is 13.4. The molecule has 3 nitrogen and oxygen atoms in total. The predicted octanol–water partition coefficient (Wildman–Crippen LogP) is 3.36. The fourth-order valence-corrected chi connectivity index (χ4v) is 1.95. The molecule has 0 radical (unpaired) electrons. The average Bonchev–Trinajstić information content (AvgIpc) is 2.27. The first-order chi connectivity index (χ1) is 8.70. The molecule has 2 rings (SSSR count). The SMILES string of the molecule is CCNc1nc(OCCC2CCC2)c(F)cc1F. The average molecular weight is 256 g/mol. The van der Waals surface area contributed by atoms with Crippen LogP contribution < -0.4 is 10.1 Å². The molecule has 0 amide bonds. The summed E-state index contributed by atoms with van der Waals surface area (Å²) in [6.07, 6.45) is 4.64. The molecular weight excluding hydrogens is 238 g/mol. The van der Waals surface area contributed by atoms with Gasteiger partial charge >= 0.3 is 0 Å². The molecule has 0 aliphatic heterocycles. The first-order valence-corrected chi connectivity index (χ1v) is 6.43. The molecule has 0 saturated heterocycles. The van der Waals surface area contributed by atoms with Crippen molar-refractivity contribution in [2.24, 2.45) is 5.92 Å². The number of hydrogen-bond acceptors (Lipinski definition) is 3. The summed E-state index contributed by atoms with van der Waals surface area (Å²) >= 11 is 0. The fourth-order valence-electron chi connectivity index (χ4n) is 1.95. The smallest absolute Gasteiger partial charge is 0.252 e. The zero-order chi connectivity index (χ0) is 13.0. The van der Waals surface area contributed by atoms with Crippen LogP contribution in [0.1, 0.15) is 32.6 Å². The Kier molecular flexibility index (Phi) is 4.33. The quantitative estimate of drug-likeness (QED) is 0.847. The zero-order valence-electron chi connectivity index (χ0n) is 10.5. The highest BCUT2D eigenvalue weighted by atomic mass is 19.1. The lowest BCUT2D eigenvalue weighted by atomic mass is 9.83. The minimum absolute atomic E-state index is 0.0394. The van der Waals surface area contributed by atoms with E-state index in [1.807, 2.05) is 6.92 Å². The molecule has 1 heterocycles. The lowest BCUT2D eigenvalue weighted by Crippen LogP contribution is -2.15. The summed E-state index contributed by atoms with van der Waals surface area (Å²) in [4.78, 5) is 3.82. The van der Waals surface area contributed by atoms with E-state index in [0.717, 1.165) is 12.5 Å². The van der Waals surface area contributed by atoms with Gasteiger partial charge in [-0.25, -0.2) is 8.78 Å². The van der Waals surface area contributed by atoms with E-state index < -0.39 is 11.6 Å². The minimum atomic E-state index is -0.747. The number of aromatic nitrogens is 1. The Morgan fingerprint density at radius 1 is 1.39 bits per heavy atom. The Balaban J connectivity index is 1.94. The van der Waals surface area contributed by atoms with E-state index in [4.69, 9.17) is 4.74 Å². The van der Waals surface area contributed by atoms with Gasteiger partial charge in [-0.15, -0.1) is 0 Å². The standard InChI is InChI=1S/C13H18F2N2O/c1-2-16-12-10(14)8-11(15)13(17-12)18-7-6-9-4-3-5-9/h8-9H,2-7H2,1H3,(H,16,17). The van der Waals surface area contributed by atoms with Crippen molar-refractivity contribution < 1.29 is 13.5 Å². The number of hydrogen-bond donors (Lipinski definition) is 1. The van der Waals surface area contributed by atoms with E-state index >= 15 is 0 Å². The van der Waals surface area contributed by atoms with Gasteiger partial charge in [0.1, 0.15) is 0 Å². The lowest BCUT2D eigenvalue weighted by molar-refractivity contribution is 0.211. The third-order valence-corrected chi connectivity index (χ3v) is 3.23. The molecule has 100 valence electrons. The first-order valence-electron chi connectivity index (χ1n) is 6.43. The van der Waals surface area contributed by atoms with Gasteiger partial charge in [0, 0.05) is 12.6 Å². The summed E-state index contributed by atoms with van der Waals surface area (Å²) in [5.41, 5.74) is 0. The van der Waals surface area contributed by atoms with Crippen LogP contribution in [0.3, 0.4) is 0 Å². The Morgan fingerprint density at radius 2 is 2.17 bits per heavy atom. The van der Waals surface area contributed by atoms with Gasteiger partial charge in [0.05, 0.1) is 6.61 Å². The summed E-state index contributed by atoms with van der Waals surface area (Å²) in [5, 5.41) is 2.73. The summed E-state index contributed by atoms with van der Waals surface area (Å²) in [6.45, 7) is 2.78. The van der Waals surface area contributed by atoms with E-state index in [1.54, 1.807) is 0 Å². The Bertz CT molecular complexity index is 408. The highest BCUT2D eigenvalue weighted by Crippen LogP contribution is 2.29. The highest BCUT2D eigenvalue weighted by molar-refractivity contribution is 5.39. The Hall–Kier alpha value is -1.39. The van der Waals surface area contributed by atoms with E-state index in [2.05, 4.69) is 10.3 Å². The van der Waals surface area contributed by atoms with Crippen molar-refractivity contribution >= 4 is 5.82 Å². The second-order valence-electron chi connectivity index (χ2n) is 4.57. The molecule has 0 spiro atoms. The molecular formula is C13H18F2N2O. The molecule has 1 aromatic rings. The van der Waals surface area contributed by atoms with Gasteiger partial charge in [-0.05, 0) is 19.3 Å². The number of pyridine rings is 1. The van der Waals surface area contributed by atoms with Crippen molar-refractivity contribution in [3.05, 3.63) is 17.7 Å². The largest absolute Gasteiger partial charge is 0.476 e. The van der Waals surface area contributed by atoms with Gasteiger partial charge in [-0.1, -0.05) is 19.3 Å². The molecule has 18 heavy (non-hydrogen) atoms. The van der Waals surface area contributed by atoms with Crippen molar-refractivity contribution in [3.63, 3.8) is 0 Å². The first kappa shape index (κ1) is 13.1. The molecule has 5 heteroatoms. The number of ether oxygens (including phenoxy) is 1. The minimum Gasteiger partial charge on any atom is -0.476 e. The van der Waals surface area contributed by atoms with Crippen molar-refractivity contribution in [2.45, 2.75) is 32.6 Å². The summed E-state index contributed by atoms with van der Waals surface area (Å²) in [7, 11) is 0. The van der Waals surface area contributed by atoms with Gasteiger partial charge in [0.25, 0.3) is 5.88 Å². The van der Waals surface area contributed by atoms with Crippen molar-refractivity contribution in [2.75, 3.05) is 18.5 Å². The van der Waals surface area contributed by atoms with E-state index in [9.17, 15) is 8.78 Å². The molecule has 1 N–H and O–H groups in total. The molecule has 0 unspecified atom stereocenters. The zero-order valence-corrected chi connectivity index (χ0v) is 10.5. The van der Waals surface area contributed by atoms with Crippen LogP contribution in [-0.4, -0.2) is 18.1 Å². The monoisotopic (exact) mass is 256 g/mol. The van der Waals surface area contributed by atoms with Gasteiger partial charge in [-0.3, -0.25) is 0 Å². The third kappa shape index (κ3) is 3.09. The number of rotatable bonds is 6. The van der Waals surface area contributed by atoms with Crippen LogP contribution >= 0.6 is 0 Å². The van der Waals surface area contributed by atoms with Gasteiger partial charge < -0.3 is 10.1 Å². The van der Waals surface area contributed by atoms with Crippen molar-refractivity contribution in [1.82, 2.24) is 4.98 Å². The third-order valence-electron chi connectivity index (χ3n) is 3.23. The molecule has 1 aromatic heterocycles. The molecule has 1 saturated carbocycles. The normalized spacial score (nSPS) is 15.3. The van der Waals surface area contributed by atoms with Gasteiger partial charge in [-0.2, -0.15) is 4.98 Å². The van der Waals surface area contributed by atoms with Crippen LogP contribution in [-0.2, 0) is 0 Å². The van der Waals surface area contributed by atoms with E-state index in [0.29, 0.717) is 19.1 Å². The second kappa shape index (κ2) is 5.98. The predicted molar refractivity (Wildman–Crippen MR) is 65.8 cm³/mol. The molecule has 1 fully saturated rings. The van der Waals surface area contributed by atoms with Crippen molar-refractivity contribution in [1.29, 1.82) is 0 Å². The topological polar surface area (TPSA) is 34.2 Å². The van der Waals surface area contributed by atoms with E-state index in [-0.39, 0.29) is 11.7 Å². The molecule has 0 aromatic carbocycles. The van der Waals surface area contributed by atoms with E-state index in [1.165, 1.54) is 19.3 Å². The van der Waals surface area contributed by atoms with Crippen LogP contribution in [0.15, 0.2) is 6.07 Å². The number of anilines is 1. The fraction of sp³-hybridized carbons (Fsp3) is 0.615. The van der Waals surface area contributed by atoms with Gasteiger partial charge in [0.15, 0.2) is 17.5 Å². The summed E-state index contributed by atoms with van der Waals surface area (Å²) in [5.74, 6) is -0.825. The number of nitrogens with one attached hydrogen (secondary N) is 1. The lowest BCUT2D eigenvalue weighted by Gasteiger charge is -2.24. The molecule has 0 bridgehead atoms. The molecule has 1 aliphatic carbocycles. The van der Waals surface area contributed by atoms with Crippen LogP contribution in [0.25, 0.3) is 0 Å². The van der Waals surface area contributed by atoms with Gasteiger partial charge in [0.2, 0.25) is 0 Å². The number of halogens is 2. The molecule has 0 atom stereocenters. The highest BCUT2D eigenvalue weighted by Gasteiger charge is 2.18. The van der Waals surface area contributed by atoms with Crippen LogP contribution in [0.5, 0.6) is 5.88 Å². The number of nitrogens with zero attached hydrogens (tertiary/aromatic N) is 1. The van der Waals surface area contributed by atoms with Crippen molar-refractivity contribution in [3.8, 4) is 5.88 Å².